The van der Waals surface area contributed by atoms with E-state index in [1.807, 2.05) is 26.2 Å². The SMILES string of the molecule is CCCn1ccnc1Cc1nnc(N)c(C)c1C. The quantitative estimate of drug-likeness (QED) is 0.892. The Bertz CT molecular complexity index is 544. The average molecular weight is 245 g/mol. The second kappa shape index (κ2) is 5.16. The maximum atomic E-state index is 5.75. The van der Waals surface area contributed by atoms with E-state index in [1.165, 1.54) is 0 Å². The molecule has 2 N–H and O–H groups in total. The van der Waals surface area contributed by atoms with E-state index < -0.39 is 0 Å². The minimum absolute atomic E-state index is 0.508. The highest BCUT2D eigenvalue weighted by atomic mass is 15.1. The number of anilines is 1. The molecule has 0 saturated carbocycles. The second-order valence-corrected chi connectivity index (χ2v) is 4.50. The van der Waals surface area contributed by atoms with E-state index >= 15 is 0 Å². The van der Waals surface area contributed by atoms with Crippen LogP contribution >= 0.6 is 0 Å². The molecule has 0 fully saturated rings. The summed E-state index contributed by atoms with van der Waals surface area (Å²) in [6, 6.07) is 0. The highest BCUT2D eigenvalue weighted by molar-refractivity contribution is 5.43. The Balaban J connectivity index is 2.29. The van der Waals surface area contributed by atoms with Gasteiger partial charge in [-0.25, -0.2) is 4.98 Å². The molecular formula is C13H19N5. The molecule has 2 rings (SSSR count). The van der Waals surface area contributed by atoms with Crippen molar-refractivity contribution in [2.75, 3.05) is 5.73 Å². The van der Waals surface area contributed by atoms with Gasteiger partial charge in [-0.1, -0.05) is 6.92 Å². The molecule has 0 aliphatic heterocycles. The van der Waals surface area contributed by atoms with Crippen molar-refractivity contribution in [2.45, 2.75) is 40.2 Å². The fourth-order valence-corrected chi connectivity index (χ4v) is 1.94. The lowest BCUT2D eigenvalue weighted by Crippen LogP contribution is -2.09. The first-order chi connectivity index (χ1) is 8.63. The van der Waals surface area contributed by atoms with Crippen LogP contribution < -0.4 is 5.73 Å². The van der Waals surface area contributed by atoms with Gasteiger partial charge in [0.2, 0.25) is 0 Å². The van der Waals surface area contributed by atoms with Crippen LogP contribution in [0.1, 0.15) is 36.0 Å². The van der Waals surface area contributed by atoms with Crippen LogP contribution in [0.5, 0.6) is 0 Å². The van der Waals surface area contributed by atoms with Crippen molar-refractivity contribution in [1.29, 1.82) is 0 Å². The molecule has 2 aromatic rings. The number of nitrogens with two attached hydrogens (primary N) is 1. The lowest BCUT2D eigenvalue weighted by Gasteiger charge is -2.10. The van der Waals surface area contributed by atoms with E-state index in [4.69, 9.17) is 5.73 Å². The summed E-state index contributed by atoms with van der Waals surface area (Å²) in [5.41, 5.74) is 8.81. The summed E-state index contributed by atoms with van der Waals surface area (Å²) in [7, 11) is 0. The van der Waals surface area contributed by atoms with Gasteiger partial charge in [-0.3, -0.25) is 0 Å². The largest absolute Gasteiger partial charge is 0.382 e. The average Bonchev–Trinajstić information content (AvgIpc) is 2.78. The van der Waals surface area contributed by atoms with Crippen LogP contribution in [-0.2, 0) is 13.0 Å². The van der Waals surface area contributed by atoms with Crippen LogP contribution in [0.3, 0.4) is 0 Å². The molecule has 5 heteroatoms. The summed E-state index contributed by atoms with van der Waals surface area (Å²) >= 11 is 0. The third-order valence-electron chi connectivity index (χ3n) is 3.25. The molecule has 0 aliphatic rings. The fourth-order valence-electron chi connectivity index (χ4n) is 1.94. The highest BCUT2D eigenvalue weighted by Crippen LogP contribution is 2.17. The number of aryl methyl sites for hydroxylation is 1. The summed E-state index contributed by atoms with van der Waals surface area (Å²) in [6.07, 6.45) is 5.63. The minimum Gasteiger partial charge on any atom is -0.382 e. The van der Waals surface area contributed by atoms with E-state index in [-0.39, 0.29) is 0 Å². The smallest absolute Gasteiger partial charge is 0.149 e. The number of nitrogens with zero attached hydrogens (tertiary/aromatic N) is 4. The van der Waals surface area contributed by atoms with Crippen LogP contribution in [0.15, 0.2) is 12.4 Å². The molecule has 96 valence electrons. The van der Waals surface area contributed by atoms with Crippen LogP contribution in [0.2, 0.25) is 0 Å². The number of imidazole rings is 1. The van der Waals surface area contributed by atoms with Crippen LogP contribution in [0.4, 0.5) is 5.82 Å². The van der Waals surface area contributed by atoms with Crippen molar-refractivity contribution < 1.29 is 0 Å². The topological polar surface area (TPSA) is 69.6 Å². The van der Waals surface area contributed by atoms with Gasteiger partial charge in [-0.05, 0) is 31.4 Å². The van der Waals surface area contributed by atoms with E-state index in [0.29, 0.717) is 12.2 Å². The summed E-state index contributed by atoms with van der Waals surface area (Å²) in [5, 5.41) is 8.17. The highest BCUT2D eigenvalue weighted by Gasteiger charge is 2.11. The maximum Gasteiger partial charge on any atom is 0.149 e. The normalized spacial score (nSPS) is 10.8. The predicted octanol–water partition coefficient (Wildman–Crippen LogP) is 1.87. The van der Waals surface area contributed by atoms with Gasteiger partial charge in [-0.2, -0.15) is 5.10 Å². The van der Waals surface area contributed by atoms with Crippen molar-refractivity contribution in [2.24, 2.45) is 0 Å². The predicted molar refractivity (Wildman–Crippen MR) is 71.2 cm³/mol. The molecule has 5 nitrogen and oxygen atoms in total. The number of rotatable bonds is 4. The summed E-state index contributed by atoms with van der Waals surface area (Å²) in [5.74, 6) is 1.53. The lowest BCUT2D eigenvalue weighted by atomic mass is 10.1. The zero-order valence-corrected chi connectivity index (χ0v) is 11.1. The zero-order chi connectivity index (χ0) is 13.1. The standard InChI is InChI=1S/C13H19N5/c1-4-6-18-7-5-15-12(18)8-11-9(2)10(3)13(14)17-16-11/h5,7H,4,6,8H2,1-3H3,(H2,14,17). The Kier molecular flexibility index (Phi) is 3.60. The van der Waals surface area contributed by atoms with E-state index in [9.17, 15) is 0 Å². The van der Waals surface area contributed by atoms with Crippen molar-refractivity contribution in [3.05, 3.63) is 35.0 Å². The lowest BCUT2D eigenvalue weighted by molar-refractivity contribution is 0.642. The maximum absolute atomic E-state index is 5.75. The second-order valence-electron chi connectivity index (χ2n) is 4.50. The molecule has 2 heterocycles. The molecule has 0 amide bonds. The van der Waals surface area contributed by atoms with Gasteiger partial charge >= 0.3 is 0 Å². The van der Waals surface area contributed by atoms with E-state index in [2.05, 4.69) is 26.7 Å². The molecule has 2 aromatic heterocycles. The van der Waals surface area contributed by atoms with E-state index in [0.717, 1.165) is 35.6 Å². The Morgan fingerprint density at radius 2 is 2.00 bits per heavy atom. The minimum atomic E-state index is 0.508. The van der Waals surface area contributed by atoms with E-state index in [1.54, 1.807) is 0 Å². The van der Waals surface area contributed by atoms with Crippen LogP contribution in [0.25, 0.3) is 0 Å². The molecule has 0 bridgehead atoms. The third kappa shape index (κ3) is 2.34. The number of aromatic nitrogens is 4. The first-order valence-corrected chi connectivity index (χ1v) is 6.21. The van der Waals surface area contributed by atoms with Gasteiger partial charge < -0.3 is 10.3 Å². The van der Waals surface area contributed by atoms with Crippen molar-refractivity contribution in [3.63, 3.8) is 0 Å². The molecule has 18 heavy (non-hydrogen) atoms. The van der Waals surface area contributed by atoms with Gasteiger partial charge in [0.05, 0.1) is 12.1 Å². The Labute approximate surface area is 107 Å². The first-order valence-electron chi connectivity index (χ1n) is 6.21. The number of hydrogen-bond acceptors (Lipinski definition) is 4. The van der Waals surface area contributed by atoms with Gasteiger partial charge in [0.1, 0.15) is 11.6 Å². The monoisotopic (exact) mass is 245 g/mol. The number of hydrogen-bond donors (Lipinski definition) is 1. The zero-order valence-electron chi connectivity index (χ0n) is 11.1. The van der Waals surface area contributed by atoms with Crippen LogP contribution in [-0.4, -0.2) is 19.7 Å². The Hall–Kier alpha value is -1.91. The summed E-state index contributed by atoms with van der Waals surface area (Å²) < 4.78 is 2.16. The molecule has 0 atom stereocenters. The molecule has 0 spiro atoms. The van der Waals surface area contributed by atoms with Crippen molar-refractivity contribution >= 4 is 5.82 Å². The molecular weight excluding hydrogens is 226 g/mol. The third-order valence-corrected chi connectivity index (χ3v) is 3.25. The van der Waals surface area contributed by atoms with Gasteiger partial charge in [0.15, 0.2) is 0 Å². The van der Waals surface area contributed by atoms with Gasteiger partial charge in [-0.15, -0.1) is 5.10 Å². The van der Waals surface area contributed by atoms with Gasteiger partial charge in [0, 0.05) is 18.9 Å². The Morgan fingerprint density at radius 1 is 1.22 bits per heavy atom. The molecule has 0 unspecified atom stereocenters. The van der Waals surface area contributed by atoms with Crippen molar-refractivity contribution in [3.8, 4) is 0 Å². The summed E-state index contributed by atoms with van der Waals surface area (Å²) in [4.78, 5) is 4.39. The molecule has 0 saturated heterocycles. The fraction of sp³-hybridized carbons (Fsp3) is 0.462. The molecule has 0 aromatic carbocycles. The molecule has 0 aliphatic carbocycles. The van der Waals surface area contributed by atoms with Gasteiger partial charge in [0.25, 0.3) is 0 Å². The van der Waals surface area contributed by atoms with Crippen LogP contribution in [0, 0.1) is 13.8 Å². The Morgan fingerprint density at radius 3 is 2.72 bits per heavy atom. The first kappa shape index (κ1) is 12.5. The molecule has 0 radical (unpaired) electrons. The number of nitrogen functional groups attached to an aromatic ring is 1. The van der Waals surface area contributed by atoms with Crippen molar-refractivity contribution in [1.82, 2.24) is 19.7 Å². The summed E-state index contributed by atoms with van der Waals surface area (Å²) in [6.45, 7) is 7.14.